The van der Waals surface area contributed by atoms with Crippen molar-refractivity contribution in [2.24, 2.45) is 7.05 Å². The third-order valence-electron chi connectivity index (χ3n) is 7.78. The minimum absolute atomic E-state index is 0.218. The van der Waals surface area contributed by atoms with Crippen molar-refractivity contribution in [2.75, 3.05) is 13.2 Å². The molecule has 0 spiro atoms. The molecule has 8 heteroatoms. The number of hydrogen-bond donors (Lipinski definition) is 2. The number of aromatic nitrogens is 3. The van der Waals surface area contributed by atoms with Crippen molar-refractivity contribution in [2.45, 2.75) is 45.4 Å². The average Bonchev–Trinajstić information content (AvgIpc) is 3.45. The quantitative estimate of drug-likeness (QED) is 0.257. The third kappa shape index (κ3) is 4.63. The van der Waals surface area contributed by atoms with Gasteiger partial charge in [0.2, 0.25) is 0 Å². The lowest BCUT2D eigenvalue weighted by molar-refractivity contribution is 0.0683. The minimum atomic E-state index is -0.938. The SMILES string of the molecule is Cn1nc(CO)c2c1COCCCCn1c(C(=O)O)c(CCCOc3cccc4ccccc34)c3cccc-2c31. The second-order valence-corrected chi connectivity index (χ2v) is 10.2. The van der Waals surface area contributed by atoms with Gasteiger partial charge in [0.25, 0.3) is 0 Å². The molecule has 0 saturated carbocycles. The highest BCUT2D eigenvalue weighted by Gasteiger charge is 2.27. The first-order valence-electron chi connectivity index (χ1n) is 13.8. The summed E-state index contributed by atoms with van der Waals surface area (Å²) in [6, 6.07) is 20.1. The summed E-state index contributed by atoms with van der Waals surface area (Å²) < 4.78 is 15.8. The number of rotatable bonds is 7. The Bertz CT molecular complexity index is 1700. The molecular formula is C32H33N3O5. The fourth-order valence-electron chi connectivity index (χ4n) is 6.01. The second kappa shape index (κ2) is 11.2. The van der Waals surface area contributed by atoms with Crippen LogP contribution in [-0.2, 0) is 38.0 Å². The number of carboxylic acid groups (broad SMARTS) is 1. The van der Waals surface area contributed by atoms with Gasteiger partial charge in [0, 0.05) is 42.1 Å². The Morgan fingerprint density at radius 2 is 1.85 bits per heavy atom. The van der Waals surface area contributed by atoms with Crippen LogP contribution in [-0.4, -0.2) is 43.7 Å². The lowest BCUT2D eigenvalue weighted by Crippen LogP contribution is -2.12. The summed E-state index contributed by atoms with van der Waals surface area (Å²) in [5.74, 6) is -0.106. The molecule has 0 radical (unpaired) electrons. The number of ether oxygens (including phenoxy) is 2. The minimum Gasteiger partial charge on any atom is -0.493 e. The maximum atomic E-state index is 12.8. The summed E-state index contributed by atoms with van der Waals surface area (Å²) >= 11 is 0. The van der Waals surface area contributed by atoms with Crippen LogP contribution in [0.15, 0.2) is 60.7 Å². The Kier molecular flexibility index (Phi) is 7.28. The van der Waals surface area contributed by atoms with Gasteiger partial charge < -0.3 is 24.3 Å². The van der Waals surface area contributed by atoms with Crippen LogP contribution in [0.4, 0.5) is 0 Å². The number of aromatic carboxylic acids is 1. The number of fused-ring (bicyclic) bond motifs is 3. The van der Waals surface area contributed by atoms with E-state index in [1.807, 2.05) is 54.1 Å². The first-order valence-corrected chi connectivity index (χ1v) is 13.8. The fourth-order valence-corrected chi connectivity index (χ4v) is 6.01. The van der Waals surface area contributed by atoms with E-state index in [9.17, 15) is 15.0 Å². The first kappa shape index (κ1) is 26.1. The molecular weight excluding hydrogens is 506 g/mol. The number of carboxylic acids is 1. The molecule has 1 aliphatic rings. The lowest BCUT2D eigenvalue weighted by Gasteiger charge is -2.12. The molecule has 0 amide bonds. The van der Waals surface area contributed by atoms with Gasteiger partial charge in [-0.2, -0.15) is 5.10 Å². The van der Waals surface area contributed by atoms with E-state index < -0.39 is 5.97 Å². The van der Waals surface area contributed by atoms with Crippen LogP contribution in [0.2, 0.25) is 0 Å². The topological polar surface area (TPSA) is 98.7 Å². The highest BCUT2D eigenvalue weighted by Crippen LogP contribution is 2.39. The smallest absolute Gasteiger partial charge is 0.352 e. The van der Waals surface area contributed by atoms with E-state index in [2.05, 4.69) is 23.3 Å². The first-order chi connectivity index (χ1) is 19.6. The van der Waals surface area contributed by atoms with Crippen molar-refractivity contribution in [3.63, 3.8) is 0 Å². The van der Waals surface area contributed by atoms with Crippen LogP contribution >= 0.6 is 0 Å². The molecule has 206 valence electrons. The molecule has 3 aromatic carbocycles. The van der Waals surface area contributed by atoms with Gasteiger partial charge in [-0.15, -0.1) is 0 Å². The van der Waals surface area contributed by atoms with E-state index in [1.54, 1.807) is 4.68 Å². The maximum absolute atomic E-state index is 12.8. The Labute approximate surface area is 232 Å². The number of aryl methyl sites for hydroxylation is 3. The van der Waals surface area contributed by atoms with Crippen molar-refractivity contribution in [1.29, 1.82) is 0 Å². The summed E-state index contributed by atoms with van der Waals surface area (Å²) in [4.78, 5) is 12.8. The lowest BCUT2D eigenvalue weighted by atomic mass is 9.98. The molecule has 2 aromatic heterocycles. The number of carbonyl (C=O) groups is 1. The van der Waals surface area contributed by atoms with E-state index in [1.165, 1.54) is 0 Å². The third-order valence-corrected chi connectivity index (χ3v) is 7.78. The summed E-state index contributed by atoms with van der Waals surface area (Å²) in [5.41, 5.74) is 5.13. The van der Waals surface area contributed by atoms with E-state index in [0.29, 0.717) is 50.6 Å². The van der Waals surface area contributed by atoms with Crippen molar-refractivity contribution < 1.29 is 24.5 Å². The van der Waals surface area contributed by atoms with Crippen LogP contribution in [0.3, 0.4) is 0 Å². The van der Waals surface area contributed by atoms with Gasteiger partial charge in [-0.1, -0.05) is 54.6 Å². The second-order valence-electron chi connectivity index (χ2n) is 10.2. The Morgan fingerprint density at radius 1 is 1.05 bits per heavy atom. The van der Waals surface area contributed by atoms with Gasteiger partial charge in [-0.25, -0.2) is 4.79 Å². The summed E-state index contributed by atoms with van der Waals surface area (Å²) in [7, 11) is 1.85. The summed E-state index contributed by atoms with van der Waals surface area (Å²) in [6.45, 7) is 1.76. The van der Waals surface area contributed by atoms with Crippen molar-refractivity contribution in [3.8, 4) is 16.9 Å². The number of nitrogens with zero attached hydrogens (tertiary/aromatic N) is 3. The van der Waals surface area contributed by atoms with E-state index in [4.69, 9.17) is 9.47 Å². The highest BCUT2D eigenvalue weighted by molar-refractivity contribution is 6.04. The molecule has 1 aliphatic heterocycles. The highest BCUT2D eigenvalue weighted by atomic mass is 16.5. The Balaban J connectivity index is 1.41. The standard InChI is InChI=1S/C32H33N3O5/c1-34-27-20-39-17-5-4-16-35-30-23(12-7-13-25(30)29(27)26(19-36)33-34)24(31(35)32(37)38)14-8-18-40-28-15-6-10-21-9-2-3-11-22(21)28/h2-3,6-7,9-13,15,36H,4-5,8,14,16-20H2,1H3,(H,37,38). The van der Waals surface area contributed by atoms with E-state index in [-0.39, 0.29) is 6.61 Å². The molecule has 8 nitrogen and oxygen atoms in total. The van der Waals surface area contributed by atoms with Crippen LogP contribution < -0.4 is 4.74 Å². The normalized spacial score (nSPS) is 13.8. The molecule has 40 heavy (non-hydrogen) atoms. The summed E-state index contributed by atoms with van der Waals surface area (Å²) in [6.07, 6.45) is 2.84. The predicted molar refractivity (Wildman–Crippen MR) is 154 cm³/mol. The number of benzene rings is 3. The molecule has 0 unspecified atom stereocenters. The average molecular weight is 540 g/mol. The van der Waals surface area contributed by atoms with Crippen molar-refractivity contribution in [1.82, 2.24) is 14.3 Å². The van der Waals surface area contributed by atoms with Crippen LogP contribution in [0.1, 0.15) is 46.7 Å². The number of para-hydroxylation sites is 1. The van der Waals surface area contributed by atoms with Gasteiger partial charge in [-0.3, -0.25) is 4.68 Å². The molecule has 0 fully saturated rings. The Hall–Kier alpha value is -4.14. The monoisotopic (exact) mass is 539 g/mol. The van der Waals surface area contributed by atoms with Gasteiger partial charge in [-0.05, 0) is 42.7 Å². The van der Waals surface area contributed by atoms with Gasteiger partial charge in [0.05, 0.1) is 36.7 Å². The number of aliphatic hydroxyl groups is 1. The van der Waals surface area contributed by atoms with E-state index >= 15 is 0 Å². The zero-order valence-electron chi connectivity index (χ0n) is 22.6. The zero-order valence-corrected chi connectivity index (χ0v) is 22.6. The van der Waals surface area contributed by atoms with Gasteiger partial charge in [0.1, 0.15) is 11.4 Å². The number of aliphatic hydroxyl groups excluding tert-OH is 1. The van der Waals surface area contributed by atoms with Crippen molar-refractivity contribution in [3.05, 3.63) is 83.3 Å². The molecule has 0 atom stereocenters. The van der Waals surface area contributed by atoms with Gasteiger partial charge in [0.15, 0.2) is 0 Å². The van der Waals surface area contributed by atoms with Gasteiger partial charge >= 0.3 is 5.97 Å². The predicted octanol–water partition coefficient (Wildman–Crippen LogP) is 5.71. The molecule has 3 heterocycles. The molecule has 0 bridgehead atoms. The molecule has 5 aromatic rings. The van der Waals surface area contributed by atoms with E-state index in [0.717, 1.165) is 62.7 Å². The maximum Gasteiger partial charge on any atom is 0.352 e. The van der Waals surface area contributed by atoms with Crippen LogP contribution in [0, 0.1) is 0 Å². The van der Waals surface area contributed by atoms with Crippen molar-refractivity contribution >= 4 is 27.6 Å². The van der Waals surface area contributed by atoms with Crippen LogP contribution in [0.25, 0.3) is 32.8 Å². The molecule has 2 N–H and O–H groups in total. The fraction of sp³-hybridized carbons (Fsp3) is 0.312. The molecule has 0 saturated heterocycles. The number of hydrogen-bond acceptors (Lipinski definition) is 5. The molecule has 6 rings (SSSR count). The Morgan fingerprint density at radius 3 is 2.70 bits per heavy atom. The summed E-state index contributed by atoms with van der Waals surface area (Å²) in [5, 5.41) is 28.3. The molecule has 0 aliphatic carbocycles. The zero-order chi connectivity index (χ0) is 27.6. The van der Waals surface area contributed by atoms with Crippen LogP contribution in [0.5, 0.6) is 5.75 Å². The largest absolute Gasteiger partial charge is 0.493 e.